The number of pyridine rings is 1. The fourth-order valence-electron chi connectivity index (χ4n) is 2.33. The van der Waals surface area contributed by atoms with Crippen molar-refractivity contribution in [3.8, 4) is 21.3 Å². The summed E-state index contributed by atoms with van der Waals surface area (Å²) in [6.07, 6.45) is 1.70. The first kappa shape index (κ1) is 16.5. The molecule has 0 radical (unpaired) electrons. The number of hydrogen-bond acceptors (Lipinski definition) is 7. The van der Waals surface area contributed by atoms with E-state index in [1.54, 1.807) is 6.20 Å². The normalized spacial score (nSPS) is 10.7. The number of carbonyl (C=O) groups is 1. The Bertz CT molecular complexity index is 1040. The van der Waals surface area contributed by atoms with Crippen LogP contribution < -0.4 is 5.32 Å². The third-order valence-corrected chi connectivity index (χ3v) is 5.62. The van der Waals surface area contributed by atoms with Gasteiger partial charge in [0.05, 0.1) is 5.69 Å². The molecule has 0 fully saturated rings. The molecule has 4 aromatic rings. The van der Waals surface area contributed by atoms with Crippen LogP contribution in [-0.4, -0.2) is 26.1 Å². The Morgan fingerprint density at radius 3 is 2.54 bits per heavy atom. The standard InChI is InChI=1S/C18H13N5OS2/c1-11-14(25-16(20-11)12-7-3-2-4-8-12)15(24)21-18-23-22-17(26-18)13-9-5-6-10-19-13/h2-10H,1H3,(H,21,23,24). The molecule has 4 rings (SSSR count). The van der Waals surface area contributed by atoms with Crippen molar-refractivity contribution in [2.45, 2.75) is 6.92 Å². The van der Waals surface area contributed by atoms with E-state index in [1.807, 2.05) is 55.5 Å². The molecule has 8 heteroatoms. The van der Waals surface area contributed by atoms with Gasteiger partial charge in [-0.2, -0.15) is 0 Å². The number of aromatic nitrogens is 4. The lowest BCUT2D eigenvalue weighted by Gasteiger charge is -1.98. The Balaban J connectivity index is 1.54. The van der Waals surface area contributed by atoms with Crippen LogP contribution in [-0.2, 0) is 0 Å². The first-order valence-corrected chi connectivity index (χ1v) is 9.43. The van der Waals surface area contributed by atoms with Gasteiger partial charge in [-0.05, 0) is 19.1 Å². The summed E-state index contributed by atoms with van der Waals surface area (Å²) in [5, 5.41) is 12.8. The highest BCUT2D eigenvalue weighted by molar-refractivity contribution is 7.19. The molecule has 1 N–H and O–H groups in total. The molecule has 0 aliphatic rings. The molecule has 1 amide bonds. The topological polar surface area (TPSA) is 80.7 Å². The third kappa shape index (κ3) is 3.37. The maximum atomic E-state index is 12.6. The van der Waals surface area contributed by atoms with E-state index in [0.717, 1.165) is 16.3 Å². The van der Waals surface area contributed by atoms with E-state index in [-0.39, 0.29) is 5.91 Å². The van der Waals surface area contributed by atoms with Gasteiger partial charge in [0.1, 0.15) is 15.6 Å². The van der Waals surface area contributed by atoms with Crippen LogP contribution in [0.5, 0.6) is 0 Å². The second-order valence-electron chi connectivity index (χ2n) is 5.38. The fraction of sp³-hybridized carbons (Fsp3) is 0.0556. The molecule has 0 bridgehead atoms. The number of amides is 1. The molecule has 0 saturated carbocycles. The lowest BCUT2D eigenvalue weighted by molar-refractivity contribution is 0.102. The summed E-state index contributed by atoms with van der Waals surface area (Å²) in [4.78, 5) is 21.9. The number of thiazole rings is 1. The van der Waals surface area contributed by atoms with E-state index >= 15 is 0 Å². The van der Waals surface area contributed by atoms with Crippen LogP contribution in [0.4, 0.5) is 5.13 Å². The van der Waals surface area contributed by atoms with E-state index in [2.05, 4.69) is 25.5 Å². The van der Waals surface area contributed by atoms with Crippen LogP contribution >= 0.6 is 22.7 Å². The highest BCUT2D eigenvalue weighted by atomic mass is 32.1. The van der Waals surface area contributed by atoms with Gasteiger partial charge >= 0.3 is 0 Å². The molecule has 128 valence electrons. The molecule has 3 heterocycles. The van der Waals surface area contributed by atoms with E-state index in [4.69, 9.17) is 0 Å². The van der Waals surface area contributed by atoms with E-state index in [9.17, 15) is 4.79 Å². The van der Waals surface area contributed by atoms with Crippen molar-refractivity contribution >= 4 is 33.7 Å². The van der Waals surface area contributed by atoms with Crippen LogP contribution in [0.25, 0.3) is 21.3 Å². The van der Waals surface area contributed by atoms with Crippen LogP contribution in [0.3, 0.4) is 0 Å². The molecular weight excluding hydrogens is 366 g/mol. The Labute approximate surface area is 157 Å². The van der Waals surface area contributed by atoms with Crippen molar-refractivity contribution in [1.29, 1.82) is 0 Å². The van der Waals surface area contributed by atoms with Gasteiger partial charge in [-0.25, -0.2) is 4.98 Å². The SMILES string of the molecule is Cc1nc(-c2ccccc2)sc1C(=O)Nc1nnc(-c2ccccn2)s1. The van der Waals surface area contributed by atoms with E-state index in [1.165, 1.54) is 22.7 Å². The quantitative estimate of drug-likeness (QED) is 0.572. The predicted octanol–water partition coefficient (Wildman–Crippen LogP) is 4.28. The van der Waals surface area contributed by atoms with Gasteiger partial charge in [-0.3, -0.25) is 15.1 Å². The van der Waals surface area contributed by atoms with E-state index < -0.39 is 0 Å². The lowest BCUT2D eigenvalue weighted by Crippen LogP contribution is -2.11. The second-order valence-corrected chi connectivity index (χ2v) is 7.36. The number of benzene rings is 1. The number of anilines is 1. The Morgan fingerprint density at radius 1 is 0.962 bits per heavy atom. The van der Waals surface area contributed by atoms with Gasteiger partial charge in [0.2, 0.25) is 5.13 Å². The van der Waals surface area contributed by atoms with Crippen molar-refractivity contribution in [2.75, 3.05) is 5.32 Å². The first-order chi connectivity index (χ1) is 12.7. The average Bonchev–Trinajstić information content (AvgIpc) is 3.30. The monoisotopic (exact) mass is 379 g/mol. The zero-order chi connectivity index (χ0) is 17.9. The first-order valence-electron chi connectivity index (χ1n) is 7.80. The maximum absolute atomic E-state index is 12.6. The highest BCUT2D eigenvalue weighted by Gasteiger charge is 2.18. The smallest absolute Gasteiger partial charge is 0.269 e. The number of nitrogens with one attached hydrogen (secondary N) is 1. The van der Waals surface area contributed by atoms with E-state index in [0.29, 0.717) is 20.7 Å². The zero-order valence-electron chi connectivity index (χ0n) is 13.7. The molecule has 0 spiro atoms. The molecular formula is C18H13N5OS2. The fourth-order valence-corrected chi connectivity index (χ4v) is 4.01. The van der Waals surface area contributed by atoms with Crippen molar-refractivity contribution in [3.63, 3.8) is 0 Å². The number of carbonyl (C=O) groups excluding carboxylic acids is 1. The minimum Gasteiger partial charge on any atom is -0.296 e. The highest BCUT2D eigenvalue weighted by Crippen LogP contribution is 2.29. The van der Waals surface area contributed by atoms with Gasteiger partial charge in [0.15, 0.2) is 5.01 Å². The summed E-state index contributed by atoms with van der Waals surface area (Å²) in [6.45, 7) is 1.83. The van der Waals surface area contributed by atoms with Gasteiger partial charge in [0.25, 0.3) is 5.91 Å². The zero-order valence-corrected chi connectivity index (χ0v) is 15.3. The van der Waals surface area contributed by atoms with Crippen molar-refractivity contribution in [1.82, 2.24) is 20.2 Å². The van der Waals surface area contributed by atoms with Crippen LogP contribution in [0.2, 0.25) is 0 Å². The van der Waals surface area contributed by atoms with Crippen LogP contribution in [0, 0.1) is 6.92 Å². The molecule has 0 aliphatic heterocycles. The third-order valence-electron chi connectivity index (χ3n) is 3.55. The lowest BCUT2D eigenvalue weighted by atomic mass is 10.2. The number of rotatable bonds is 4. The summed E-state index contributed by atoms with van der Waals surface area (Å²) < 4.78 is 0. The molecule has 0 aliphatic carbocycles. The average molecular weight is 379 g/mol. The Kier molecular flexibility index (Phi) is 4.51. The molecule has 6 nitrogen and oxygen atoms in total. The molecule has 26 heavy (non-hydrogen) atoms. The summed E-state index contributed by atoms with van der Waals surface area (Å²) in [5.74, 6) is -0.231. The summed E-state index contributed by atoms with van der Waals surface area (Å²) in [7, 11) is 0. The van der Waals surface area contributed by atoms with Gasteiger partial charge in [-0.15, -0.1) is 21.5 Å². The van der Waals surface area contributed by atoms with Gasteiger partial charge in [-0.1, -0.05) is 47.7 Å². The Hall–Kier alpha value is -2.97. The molecule has 0 unspecified atom stereocenters. The number of nitrogens with zero attached hydrogens (tertiary/aromatic N) is 4. The predicted molar refractivity (Wildman–Crippen MR) is 103 cm³/mol. The summed E-state index contributed by atoms with van der Waals surface area (Å²) >= 11 is 2.65. The summed E-state index contributed by atoms with van der Waals surface area (Å²) in [5.41, 5.74) is 2.42. The maximum Gasteiger partial charge on any atom is 0.269 e. The van der Waals surface area contributed by atoms with Crippen LogP contribution in [0.15, 0.2) is 54.7 Å². The number of hydrogen-bond donors (Lipinski definition) is 1. The van der Waals surface area contributed by atoms with Gasteiger partial charge < -0.3 is 0 Å². The van der Waals surface area contributed by atoms with Crippen molar-refractivity contribution in [2.24, 2.45) is 0 Å². The van der Waals surface area contributed by atoms with Gasteiger partial charge in [0, 0.05) is 11.8 Å². The minimum absolute atomic E-state index is 0.231. The van der Waals surface area contributed by atoms with Crippen molar-refractivity contribution < 1.29 is 4.79 Å². The molecule has 0 saturated heterocycles. The largest absolute Gasteiger partial charge is 0.296 e. The summed E-state index contributed by atoms with van der Waals surface area (Å²) in [6, 6.07) is 15.4. The molecule has 3 aromatic heterocycles. The molecule has 1 aromatic carbocycles. The number of aryl methyl sites for hydroxylation is 1. The molecule has 0 atom stereocenters. The van der Waals surface area contributed by atoms with Crippen molar-refractivity contribution in [3.05, 3.63) is 65.3 Å². The second kappa shape index (κ2) is 7.11. The van der Waals surface area contributed by atoms with Crippen LogP contribution in [0.1, 0.15) is 15.4 Å². The Morgan fingerprint density at radius 2 is 1.77 bits per heavy atom. The minimum atomic E-state index is -0.231.